The molecule has 1 N–H and O–H groups in total. The molecule has 0 atom stereocenters. The molecule has 0 aliphatic heterocycles. The lowest BCUT2D eigenvalue weighted by molar-refractivity contribution is 0.588. The smallest absolute Gasteiger partial charge is 0.0398 e. The van der Waals surface area contributed by atoms with Gasteiger partial charge in [-0.25, -0.2) is 0 Å². The SMILES string of the molecule is CCCCCN(c1ccc(CNC(C)C)cc1C)C(C)C. The van der Waals surface area contributed by atoms with E-state index in [0.29, 0.717) is 12.1 Å². The highest BCUT2D eigenvalue weighted by molar-refractivity contribution is 5.55. The van der Waals surface area contributed by atoms with Crippen LogP contribution in [0.4, 0.5) is 5.69 Å². The molecule has 0 bridgehead atoms. The molecule has 0 saturated heterocycles. The topological polar surface area (TPSA) is 15.3 Å². The largest absolute Gasteiger partial charge is 0.369 e. The highest BCUT2D eigenvalue weighted by Crippen LogP contribution is 2.24. The van der Waals surface area contributed by atoms with E-state index in [1.54, 1.807) is 0 Å². The van der Waals surface area contributed by atoms with Crippen molar-refractivity contribution < 1.29 is 0 Å². The van der Waals surface area contributed by atoms with Crippen LogP contribution in [-0.2, 0) is 6.54 Å². The summed E-state index contributed by atoms with van der Waals surface area (Å²) < 4.78 is 0. The average molecular weight is 290 g/mol. The van der Waals surface area contributed by atoms with E-state index in [9.17, 15) is 0 Å². The minimum absolute atomic E-state index is 0.534. The summed E-state index contributed by atoms with van der Waals surface area (Å²) in [6.45, 7) is 15.6. The van der Waals surface area contributed by atoms with Gasteiger partial charge in [0.15, 0.2) is 0 Å². The fourth-order valence-corrected chi connectivity index (χ4v) is 2.66. The molecule has 21 heavy (non-hydrogen) atoms. The molecule has 0 aromatic heterocycles. The van der Waals surface area contributed by atoms with Gasteiger partial charge < -0.3 is 10.2 Å². The predicted octanol–water partition coefficient (Wildman–Crippen LogP) is 4.90. The van der Waals surface area contributed by atoms with Gasteiger partial charge in [-0.1, -0.05) is 45.7 Å². The van der Waals surface area contributed by atoms with Crippen LogP contribution >= 0.6 is 0 Å². The Bertz CT molecular complexity index is 410. The Morgan fingerprint density at radius 2 is 1.81 bits per heavy atom. The van der Waals surface area contributed by atoms with E-state index in [0.717, 1.165) is 13.1 Å². The Morgan fingerprint density at radius 1 is 1.10 bits per heavy atom. The fraction of sp³-hybridized carbons (Fsp3) is 0.684. The van der Waals surface area contributed by atoms with Crippen LogP contribution in [0.3, 0.4) is 0 Å². The van der Waals surface area contributed by atoms with Crippen LogP contribution in [0.2, 0.25) is 0 Å². The van der Waals surface area contributed by atoms with Crippen LogP contribution in [0, 0.1) is 6.92 Å². The first-order chi connectivity index (χ1) is 9.95. The Labute approximate surface area is 131 Å². The second kappa shape index (κ2) is 9.09. The van der Waals surface area contributed by atoms with Gasteiger partial charge in [0.2, 0.25) is 0 Å². The number of hydrogen-bond donors (Lipinski definition) is 1. The minimum atomic E-state index is 0.534. The van der Waals surface area contributed by atoms with Crippen molar-refractivity contribution in [2.24, 2.45) is 0 Å². The zero-order valence-corrected chi connectivity index (χ0v) is 14.9. The van der Waals surface area contributed by atoms with Crippen molar-refractivity contribution in [3.05, 3.63) is 29.3 Å². The second-order valence-corrected chi connectivity index (χ2v) is 6.65. The van der Waals surface area contributed by atoms with Crippen molar-refractivity contribution in [2.45, 2.75) is 79.4 Å². The van der Waals surface area contributed by atoms with Gasteiger partial charge in [-0.2, -0.15) is 0 Å². The molecule has 0 fully saturated rings. The Kier molecular flexibility index (Phi) is 7.81. The van der Waals surface area contributed by atoms with Gasteiger partial charge in [0.05, 0.1) is 0 Å². The molecule has 0 radical (unpaired) electrons. The molecule has 1 rings (SSSR count). The van der Waals surface area contributed by atoms with E-state index < -0.39 is 0 Å². The number of hydrogen-bond acceptors (Lipinski definition) is 2. The molecular formula is C19H34N2. The van der Waals surface area contributed by atoms with Gasteiger partial charge in [-0.15, -0.1) is 0 Å². The Balaban J connectivity index is 2.79. The molecule has 0 spiro atoms. The van der Waals surface area contributed by atoms with Gasteiger partial charge in [0.1, 0.15) is 0 Å². The van der Waals surface area contributed by atoms with Crippen molar-refractivity contribution in [2.75, 3.05) is 11.4 Å². The van der Waals surface area contributed by atoms with Crippen LogP contribution in [-0.4, -0.2) is 18.6 Å². The summed E-state index contributed by atoms with van der Waals surface area (Å²) in [6, 6.07) is 8.00. The van der Waals surface area contributed by atoms with E-state index in [1.807, 2.05) is 0 Å². The maximum atomic E-state index is 3.49. The molecule has 1 aromatic rings. The van der Waals surface area contributed by atoms with Gasteiger partial charge in [-0.3, -0.25) is 0 Å². The number of nitrogens with zero attached hydrogens (tertiary/aromatic N) is 1. The number of nitrogens with one attached hydrogen (secondary N) is 1. The molecular weight excluding hydrogens is 256 g/mol. The average Bonchev–Trinajstić information content (AvgIpc) is 2.42. The summed E-state index contributed by atoms with van der Waals surface area (Å²) in [4.78, 5) is 2.55. The summed E-state index contributed by atoms with van der Waals surface area (Å²) in [5.41, 5.74) is 4.17. The second-order valence-electron chi connectivity index (χ2n) is 6.65. The highest BCUT2D eigenvalue weighted by Gasteiger charge is 2.12. The molecule has 1 aromatic carbocycles. The third kappa shape index (κ3) is 6.09. The van der Waals surface area contributed by atoms with Gasteiger partial charge in [0.25, 0.3) is 0 Å². The Hall–Kier alpha value is -1.02. The van der Waals surface area contributed by atoms with Crippen molar-refractivity contribution in [1.29, 1.82) is 0 Å². The molecule has 2 nitrogen and oxygen atoms in total. The summed E-state index contributed by atoms with van der Waals surface area (Å²) in [5.74, 6) is 0. The molecule has 0 saturated carbocycles. The van der Waals surface area contributed by atoms with Crippen molar-refractivity contribution >= 4 is 5.69 Å². The van der Waals surface area contributed by atoms with Crippen molar-refractivity contribution in [1.82, 2.24) is 5.32 Å². The third-order valence-electron chi connectivity index (χ3n) is 3.91. The van der Waals surface area contributed by atoms with Crippen LogP contribution in [0.1, 0.15) is 65.0 Å². The first-order valence-corrected chi connectivity index (χ1v) is 8.55. The van der Waals surface area contributed by atoms with Crippen LogP contribution in [0.5, 0.6) is 0 Å². The lowest BCUT2D eigenvalue weighted by Crippen LogP contribution is -2.32. The van der Waals surface area contributed by atoms with Crippen LogP contribution in [0.25, 0.3) is 0 Å². The summed E-state index contributed by atoms with van der Waals surface area (Å²) in [6.07, 6.45) is 3.88. The van der Waals surface area contributed by atoms with Gasteiger partial charge in [-0.05, 0) is 44.4 Å². The quantitative estimate of drug-likeness (QED) is 0.651. The van der Waals surface area contributed by atoms with E-state index >= 15 is 0 Å². The lowest BCUT2D eigenvalue weighted by Gasteiger charge is -2.31. The van der Waals surface area contributed by atoms with E-state index in [4.69, 9.17) is 0 Å². The number of aryl methyl sites for hydroxylation is 1. The molecule has 0 aliphatic carbocycles. The van der Waals surface area contributed by atoms with Crippen molar-refractivity contribution in [3.63, 3.8) is 0 Å². The molecule has 0 amide bonds. The molecule has 0 unspecified atom stereocenters. The monoisotopic (exact) mass is 290 g/mol. The van der Waals surface area contributed by atoms with Crippen molar-refractivity contribution in [3.8, 4) is 0 Å². The molecule has 120 valence electrons. The lowest BCUT2D eigenvalue weighted by atomic mass is 10.1. The highest BCUT2D eigenvalue weighted by atomic mass is 15.1. The molecule has 0 heterocycles. The number of rotatable bonds is 9. The zero-order valence-electron chi connectivity index (χ0n) is 14.9. The standard InChI is InChI=1S/C19H34N2/c1-7-8-9-12-21(16(4)5)19-11-10-18(13-17(19)6)14-20-15(2)3/h10-11,13,15-16,20H,7-9,12,14H2,1-6H3. The summed E-state index contributed by atoms with van der Waals surface area (Å²) >= 11 is 0. The first-order valence-electron chi connectivity index (χ1n) is 8.55. The third-order valence-corrected chi connectivity index (χ3v) is 3.91. The maximum absolute atomic E-state index is 3.49. The van der Waals surface area contributed by atoms with Crippen LogP contribution < -0.4 is 10.2 Å². The summed E-state index contributed by atoms with van der Waals surface area (Å²) in [7, 11) is 0. The predicted molar refractivity (Wildman–Crippen MR) is 95.2 cm³/mol. The minimum Gasteiger partial charge on any atom is -0.369 e. The Morgan fingerprint density at radius 3 is 2.33 bits per heavy atom. The molecule has 2 heteroatoms. The molecule has 0 aliphatic rings. The fourth-order valence-electron chi connectivity index (χ4n) is 2.66. The van der Waals surface area contributed by atoms with Crippen LogP contribution in [0.15, 0.2) is 18.2 Å². The van der Waals surface area contributed by atoms with Gasteiger partial charge >= 0.3 is 0 Å². The number of unbranched alkanes of at least 4 members (excludes halogenated alkanes) is 2. The summed E-state index contributed by atoms with van der Waals surface area (Å²) in [5, 5.41) is 3.49. The van der Waals surface area contributed by atoms with E-state index in [-0.39, 0.29) is 0 Å². The maximum Gasteiger partial charge on any atom is 0.0398 e. The number of benzene rings is 1. The normalized spacial score (nSPS) is 11.4. The van der Waals surface area contributed by atoms with E-state index in [1.165, 1.54) is 36.1 Å². The number of anilines is 1. The zero-order chi connectivity index (χ0) is 15.8. The van der Waals surface area contributed by atoms with Gasteiger partial charge in [0, 0.05) is 30.9 Å². The van der Waals surface area contributed by atoms with E-state index in [2.05, 4.69) is 70.0 Å². The first kappa shape index (κ1) is 18.0.